The number of likely N-dealkylation sites (N-methyl/N-ethyl adjacent to an activating group) is 1. The van der Waals surface area contributed by atoms with Crippen molar-refractivity contribution in [3.05, 3.63) is 0 Å². The fourth-order valence-corrected chi connectivity index (χ4v) is 3.81. The van der Waals surface area contributed by atoms with Gasteiger partial charge in [0.15, 0.2) is 0 Å². The highest BCUT2D eigenvalue weighted by Gasteiger charge is 2.29. The first kappa shape index (κ1) is 16.8. The molecule has 0 spiro atoms. The molecule has 0 aromatic heterocycles. The maximum atomic E-state index is 12.5. The lowest BCUT2D eigenvalue weighted by atomic mass is 9.86. The Morgan fingerprint density at radius 1 is 1.19 bits per heavy atom. The van der Waals surface area contributed by atoms with Crippen LogP contribution in [0.2, 0.25) is 0 Å². The van der Waals surface area contributed by atoms with E-state index in [9.17, 15) is 4.79 Å². The fourth-order valence-electron chi connectivity index (χ4n) is 3.81. The lowest BCUT2D eigenvalue weighted by Gasteiger charge is -2.38. The normalized spacial score (nSPS) is 34.7. The summed E-state index contributed by atoms with van der Waals surface area (Å²) in [6, 6.07) is 0.461. The van der Waals surface area contributed by atoms with Gasteiger partial charge in [-0.05, 0) is 62.9 Å². The minimum atomic E-state index is 0.292. The van der Waals surface area contributed by atoms with Gasteiger partial charge in [0.1, 0.15) is 0 Å². The third kappa shape index (κ3) is 4.43. The third-order valence-electron chi connectivity index (χ3n) is 5.79. The van der Waals surface area contributed by atoms with Crippen molar-refractivity contribution < 1.29 is 4.79 Å². The van der Waals surface area contributed by atoms with Crippen LogP contribution in [0.15, 0.2) is 0 Å². The van der Waals surface area contributed by atoms with Gasteiger partial charge in [0, 0.05) is 19.6 Å². The molecule has 1 heterocycles. The van der Waals surface area contributed by atoms with E-state index in [-0.39, 0.29) is 0 Å². The summed E-state index contributed by atoms with van der Waals surface area (Å²) in [6.45, 7) is 7.94. The average Bonchev–Trinajstić information content (AvgIpc) is 2.49. The van der Waals surface area contributed by atoms with Crippen LogP contribution in [0.1, 0.15) is 46.0 Å². The molecule has 122 valence electrons. The Morgan fingerprint density at radius 2 is 1.86 bits per heavy atom. The molecule has 2 N–H and O–H groups in total. The van der Waals surface area contributed by atoms with Crippen molar-refractivity contribution >= 4 is 5.91 Å². The van der Waals surface area contributed by atoms with Gasteiger partial charge < -0.3 is 10.6 Å². The predicted octanol–water partition coefficient (Wildman–Crippen LogP) is 1.94. The highest BCUT2D eigenvalue weighted by molar-refractivity contribution is 5.78. The largest absolute Gasteiger partial charge is 0.342 e. The first-order valence-electron chi connectivity index (χ1n) is 8.69. The molecule has 0 aromatic rings. The summed E-state index contributed by atoms with van der Waals surface area (Å²) in [5, 5.41) is 0. The molecule has 0 bridgehead atoms. The zero-order valence-electron chi connectivity index (χ0n) is 14.1. The van der Waals surface area contributed by atoms with Crippen molar-refractivity contribution in [3.8, 4) is 0 Å². The van der Waals surface area contributed by atoms with E-state index >= 15 is 0 Å². The van der Waals surface area contributed by atoms with Crippen molar-refractivity contribution in [1.29, 1.82) is 0 Å². The van der Waals surface area contributed by atoms with Crippen molar-refractivity contribution in [2.45, 2.75) is 52.0 Å². The van der Waals surface area contributed by atoms with E-state index in [0.29, 0.717) is 30.3 Å². The van der Waals surface area contributed by atoms with E-state index in [1.54, 1.807) is 0 Å². The standard InChI is InChI=1S/C17H33N3O/c1-13-4-6-16(7-5-13)19(3)17(21)12-20-9-8-14(2)15(10-18)11-20/h13-16H,4-12,18H2,1-3H3. The number of nitrogens with zero attached hydrogens (tertiary/aromatic N) is 2. The van der Waals surface area contributed by atoms with Crippen molar-refractivity contribution in [1.82, 2.24) is 9.80 Å². The first-order valence-corrected chi connectivity index (χ1v) is 8.69. The van der Waals surface area contributed by atoms with Gasteiger partial charge in [-0.1, -0.05) is 13.8 Å². The second kappa shape index (κ2) is 7.59. The van der Waals surface area contributed by atoms with Crippen molar-refractivity contribution in [2.24, 2.45) is 23.5 Å². The van der Waals surface area contributed by atoms with Gasteiger partial charge in [-0.3, -0.25) is 9.69 Å². The highest BCUT2D eigenvalue weighted by Crippen LogP contribution is 2.27. The molecule has 4 heteroatoms. The van der Waals surface area contributed by atoms with Gasteiger partial charge in [0.2, 0.25) is 5.91 Å². The van der Waals surface area contributed by atoms with Crippen LogP contribution >= 0.6 is 0 Å². The van der Waals surface area contributed by atoms with Crippen LogP contribution < -0.4 is 5.73 Å². The summed E-state index contributed by atoms with van der Waals surface area (Å²) in [7, 11) is 2.00. The fraction of sp³-hybridized carbons (Fsp3) is 0.941. The second-order valence-corrected chi connectivity index (χ2v) is 7.42. The average molecular weight is 295 g/mol. The number of hydrogen-bond donors (Lipinski definition) is 1. The van der Waals surface area contributed by atoms with Gasteiger partial charge >= 0.3 is 0 Å². The molecule has 2 fully saturated rings. The molecule has 1 saturated carbocycles. The zero-order valence-corrected chi connectivity index (χ0v) is 14.1. The first-order chi connectivity index (χ1) is 10.0. The molecule has 4 nitrogen and oxygen atoms in total. The molecule has 2 atom stereocenters. The smallest absolute Gasteiger partial charge is 0.236 e. The molecule has 21 heavy (non-hydrogen) atoms. The lowest BCUT2D eigenvalue weighted by Crippen LogP contribution is -2.49. The molecule has 2 aliphatic rings. The summed E-state index contributed by atoms with van der Waals surface area (Å²) < 4.78 is 0. The van der Waals surface area contributed by atoms with Crippen LogP contribution in [-0.4, -0.2) is 55.0 Å². The summed E-state index contributed by atoms with van der Waals surface area (Å²) in [6.07, 6.45) is 6.04. The molecule has 2 unspecified atom stereocenters. The number of amides is 1. The van der Waals surface area contributed by atoms with Crippen molar-refractivity contribution in [3.63, 3.8) is 0 Å². The molecule has 1 aliphatic heterocycles. The molecular weight excluding hydrogens is 262 g/mol. The SMILES string of the molecule is CC1CCC(N(C)C(=O)CN2CCC(C)C(CN)C2)CC1. The number of likely N-dealkylation sites (tertiary alicyclic amines) is 1. The van der Waals surface area contributed by atoms with E-state index in [2.05, 4.69) is 18.7 Å². The van der Waals surface area contributed by atoms with E-state index in [1.807, 2.05) is 11.9 Å². The Labute approximate surface area is 130 Å². The molecular formula is C17H33N3O. The molecule has 1 saturated heterocycles. The monoisotopic (exact) mass is 295 g/mol. The number of carbonyl (C=O) groups excluding carboxylic acids is 1. The van der Waals surface area contributed by atoms with Crippen LogP contribution in [0.3, 0.4) is 0 Å². The van der Waals surface area contributed by atoms with Gasteiger partial charge in [-0.25, -0.2) is 0 Å². The Hall–Kier alpha value is -0.610. The van der Waals surface area contributed by atoms with E-state index < -0.39 is 0 Å². The van der Waals surface area contributed by atoms with Crippen LogP contribution in [-0.2, 0) is 4.79 Å². The Morgan fingerprint density at radius 3 is 2.48 bits per heavy atom. The van der Waals surface area contributed by atoms with Crippen LogP contribution in [0.4, 0.5) is 0 Å². The summed E-state index contributed by atoms with van der Waals surface area (Å²) in [4.78, 5) is 16.8. The van der Waals surface area contributed by atoms with E-state index in [4.69, 9.17) is 5.73 Å². The van der Waals surface area contributed by atoms with Gasteiger partial charge in [0.25, 0.3) is 0 Å². The topological polar surface area (TPSA) is 49.6 Å². The highest BCUT2D eigenvalue weighted by atomic mass is 16.2. The molecule has 1 aliphatic carbocycles. The number of carbonyl (C=O) groups is 1. The predicted molar refractivity (Wildman–Crippen MR) is 87.0 cm³/mol. The Bertz CT molecular complexity index is 339. The maximum absolute atomic E-state index is 12.5. The maximum Gasteiger partial charge on any atom is 0.236 e. The second-order valence-electron chi connectivity index (χ2n) is 7.42. The van der Waals surface area contributed by atoms with Crippen LogP contribution in [0, 0.1) is 17.8 Å². The third-order valence-corrected chi connectivity index (χ3v) is 5.79. The molecule has 0 aromatic carbocycles. The summed E-state index contributed by atoms with van der Waals surface area (Å²) in [5.74, 6) is 2.37. The lowest BCUT2D eigenvalue weighted by molar-refractivity contribution is -0.134. The minimum absolute atomic E-state index is 0.292. The summed E-state index contributed by atoms with van der Waals surface area (Å²) in [5.41, 5.74) is 5.85. The Balaban J connectivity index is 1.80. The molecule has 1 amide bonds. The van der Waals surface area contributed by atoms with Gasteiger partial charge in [-0.2, -0.15) is 0 Å². The summed E-state index contributed by atoms with van der Waals surface area (Å²) >= 11 is 0. The van der Waals surface area contributed by atoms with E-state index in [1.165, 1.54) is 32.1 Å². The molecule has 0 radical (unpaired) electrons. The van der Waals surface area contributed by atoms with Crippen LogP contribution in [0.25, 0.3) is 0 Å². The minimum Gasteiger partial charge on any atom is -0.342 e. The number of nitrogens with two attached hydrogens (primary N) is 1. The van der Waals surface area contributed by atoms with E-state index in [0.717, 1.165) is 25.6 Å². The number of rotatable bonds is 4. The van der Waals surface area contributed by atoms with Crippen LogP contribution in [0.5, 0.6) is 0 Å². The molecule has 2 rings (SSSR count). The van der Waals surface area contributed by atoms with Gasteiger partial charge in [0.05, 0.1) is 6.54 Å². The van der Waals surface area contributed by atoms with Gasteiger partial charge in [-0.15, -0.1) is 0 Å². The quantitative estimate of drug-likeness (QED) is 0.862. The zero-order chi connectivity index (χ0) is 15.4. The Kier molecular flexibility index (Phi) is 6.06. The number of hydrogen-bond acceptors (Lipinski definition) is 3. The number of piperidine rings is 1. The van der Waals surface area contributed by atoms with Crippen molar-refractivity contribution in [2.75, 3.05) is 33.2 Å².